The van der Waals surface area contributed by atoms with E-state index in [2.05, 4.69) is 21.2 Å². The van der Waals surface area contributed by atoms with Crippen LogP contribution in [0.3, 0.4) is 0 Å². The second-order valence-corrected chi connectivity index (χ2v) is 9.05. The number of aliphatic carboxylic acids is 2. The van der Waals surface area contributed by atoms with E-state index >= 15 is 0 Å². The number of alkyl halides is 6. The summed E-state index contributed by atoms with van der Waals surface area (Å²) in [5, 5.41) is 18.5. The molecule has 4 heterocycles. The number of likely N-dealkylation sites (tertiary alicyclic amines) is 2. The van der Waals surface area contributed by atoms with Gasteiger partial charge in [-0.1, -0.05) is 0 Å². The number of carbonyl (C=O) groups is 3. The Morgan fingerprint density at radius 1 is 0.949 bits per heavy atom. The molecular weight excluding hydrogens is 540 g/mol. The summed E-state index contributed by atoms with van der Waals surface area (Å²) in [6.45, 7) is 4.38. The number of carboxylic acids is 2. The van der Waals surface area contributed by atoms with E-state index in [1.807, 2.05) is 35.0 Å². The zero-order chi connectivity index (χ0) is 29.4. The minimum atomic E-state index is -5.08. The summed E-state index contributed by atoms with van der Waals surface area (Å²) in [5.41, 5.74) is 2.19. The van der Waals surface area contributed by atoms with Crippen molar-refractivity contribution < 1.29 is 50.9 Å². The summed E-state index contributed by atoms with van der Waals surface area (Å²) in [4.78, 5) is 39.5. The molecule has 0 radical (unpaired) electrons. The lowest BCUT2D eigenvalue weighted by Gasteiger charge is -2.39. The molecule has 2 aromatic rings. The topological polar surface area (TPSA) is 129 Å². The highest BCUT2D eigenvalue weighted by Crippen LogP contribution is 2.41. The zero-order valence-corrected chi connectivity index (χ0v) is 20.7. The van der Waals surface area contributed by atoms with Crippen molar-refractivity contribution in [2.75, 3.05) is 19.6 Å². The van der Waals surface area contributed by atoms with Gasteiger partial charge in [0.15, 0.2) is 0 Å². The molecule has 1 amide bonds. The van der Waals surface area contributed by atoms with Gasteiger partial charge in [-0.3, -0.25) is 19.4 Å². The molecule has 16 heteroatoms. The van der Waals surface area contributed by atoms with Gasteiger partial charge in [-0.05, 0) is 43.5 Å². The number of hydrogen-bond acceptors (Lipinski definition) is 6. The average Bonchev–Trinajstić information content (AvgIpc) is 3.37. The Balaban J connectivity index is 0.000000317. The van der Waals surface area contributed by atoms with Crippen molar-refractivity contribution in [1.82, 2.24) is 24.6 Å². The molecule has 2 fully saturated rings. The molecule has 1 spiro atoms. The van der Waals surface area contributed by atoms with E-state index < -0.39 is 24.3 Å². The normalized spacial score (nSPS) is 19.7. The Morgan fingerprint density at radius 3 is 2.00 bits per heavy atom. The molecule has 216 valence electrons. The third kappa shape index (κ3) is 9.53. The minimum Gasteiger partial charge on any atom is -0.475 e. The highest BCUT2D eigenvalue weighted by molar-refractivity contribution is 5.85. The van der Waals surface area contributed by atoms with Gasteiger partial charge in [-0.2, -0.15) is 31.4 Å². The first-order valence-corrected chi connectivity index (χ1v) is 11.5. The third-order valence-corrected chi connectivity index (χ3v) is 6.03. The van der Waals surface area contributed by atoms with Gasteiger partial charge in [-0.15, -0.1) is 0 Å². The van der Waals surface area contributed by atoms with Crippen molar-refractivity contribution in [2.45, 2.75) is 44.7 Å². The Morgan fingerprint density at radius 2 is 1.51 bits per heavy atom. The molecule has 2 saturated heterocycles. The quantitative estimate of drug-likeness (QED) is 0.540. The molecule has 1 atom stereocenters. The first kappa shape index (κ1) is 31.5. The van der Waals surface area contributed by atoms with Crippen molar-refractivity contribution in [3.05, 3.63) is 48.0 Å². The van der Waals surface area contributed by atoms with Gasteiger partial charge in [-0.25, -0.2) is 9.59 Å². The molecule has 2 N–H and O–H groups in total. The van der Waals surface area contributed by atoms with E-state index in [0.717, 1.165) is 51.0 Å². The lowest BCUT2D eigenvalue weighted by atomic mass is 9.78. The molecule has 39 heavy (non-hydrogen) atoms. The van der Waals surface area contributed by atoms with Crippen molar-refractivity contribution >= 4 is 17.8 Å². The van der Waals surface area contributed by atoms with Crippen LogP contribution in [-0.4, -0.2) is 84.6 Å². The first-order chi connectivity index (χ1) is 18.0. The van der Waals surface area contributed by atoms with Crippen LogP contribution in [0, 0.1) is 5.41 Å². The highest BCUT2D eigenvalue weighted by atomic mass is 19.4. The number of halogens is 6. The van der Waals surface area contributed by atoms with E-state index in [1.165, 1.54) is 5.56 Å². The van der Waals surface area contributed by atoms with Gasteiger partial charge in [0.2, 0.25) is 5.91 Å². The number of nitrogens with zero attached hydrogens (tertiary/aromatic N) is 5. The molecule has 0 aliphatic carbocycles. The van der Waals surface area contributed by atoms with Crippen molar-refractivity contribution in [2.24, 2.45) is 12.5 Å². The summed E-state index contributed by atoms with van der Waals surface area (Å²) in [6.07, 6.45) is 0.489. The summed E-state index contributed by atoms with van der Waals surface area (Å²) < 4.78 is 65.3. The fourth-order valence-electron chi connectivity index (χ4n) is 4.30. The van der Waals surface area contributed by atoms with Gasteiger partial charge in [0.25, 0.3) is 0 Å². The van der Waals surface area contributed by atoms with E-state index in [4.69, 9.17) is 19.8 Å². The first-order valence-electron chi connectivity index (χ1n) is 11.5. The molecule has 0 aromatic carbocycles. The van der Waals surface area contributed by atoms with Crippen LogP contribution in [0.2, 0.25) is 0 Å². The predicted octanol–water partition coefficient (Wildman–Crippen LogP) is 3.10. The maximum absolute atomic E-state index is 13.2. The number of aryl methyl sites for hydroxylation is 1. The number of piperidine rings is 1. The Labute approximate surface area is 218 Å². The second-order valence-electron chi connectivity index (χ2n) is 9.05. The lowest BCUT2D eigenvalue weighted by Crippen LogP contribution is -2.47. The molecular formula is C23H27F6N5O5. The molecule has 0 saturated carbocycles. The maximum Gasteiger partial charge on any atom is 0.490 e. The van der Waals surface area contributed by atoms with E-state index in [9.17, 15) is 31.1 Å². The van der Waals surface area contributed by atoms with Crippen LogP contribution in [0.15, 0.2) is 36.9 Å². The van der Waals surface area contributed by atoms with Crippen molar-refractivity contribution in [3.63, 3.8) is 0 Å². The molecule has 1 unspecified atom stereocenters. The summed E-state index contributed by atoms with van der Waals surface area (Å²) >= 11 is 0. The van der Waals surface area contributed by atoms with Gasteiger partial charge in [0, 0.05) is 57.4 Å². The van der Waals surface area contributed by atoms with Crippen LogP contribution >= 0.6 is 0 Å². The number of carboxylic acid groups (broad SMARTS) is 2. The number of pyridine rings is 1. The molecule has 4 rings (SSSR count). The average molecular weight is 567 g/mol. The Bertz CT molecular complexity index is 1100. The highest BCUT2D eigenvalue weighted by Gasteiger charge is 2.48. The standard InChI is InChI=1S/C19H25N5O.2C2HF3O2/c1-22-12-17(11-21-22)13-23-9-2-5-19(15-23)6-10-24(18(19)25)14-16-3-7-20-8-4-16;2*3-2(4,5)1(6)7/h3-4,7-8,11-12H,2,5-6,9-10,13-15H2,1H3;2*(H,6,7). The number of amides is 1. The number of carbonyl (C=O) groups excluding carboxylic acids is 1. The number of aromatic nitrogens is 3. The lowest BCUT2D eigenvalue weighted by molar-refractivity contribution is -0.193. The second kappa shape index (κ2) is 12.9. The monoisotopic (exact) mass is 567 g/mol. The van der Waals surface area contributed by atoms with Crippen molar-refractivity contribution in [3.8, 4) is 0 Å². The van der Waals surface area contributed by atoms with Crippen LogP contribution < -0.4 is 0 Å². The van der Waals surface area contributed by atoms with Crippen LogP contribution in [0.25, 0.3) is 0 Å². The van der Waals surface area contributed by atoms with Crippen LogP contribution in [0.4, 0.5) is 26.3 Å². The Kier molecular flexibility index (Phi) is 10.4. The largest absolute Gasteiger partial charge is 0.490 e. The van der Waals surface area contributed by atoms with E-state index in [-0.39, 0.29) is 5.41 Å². The smallest absolute Gasteiger partial charge is 0.475 e. The number of hydrogen-bond donors (Lipinski definition) is 2. The molecule has 2 aliphatic heterocycles. The zero-order valence-electron chi connectivity index (χ0n) is 20.7. The SMILES string of the molecule is Cn1cc(CN2CCCC3(CCN(Cc4ccncc4)C3=O)C2)cn1.O=C(O)C(F)(F)F.O=C(O)C(F)(F)F. The minimum absolute atomic E-state index is 0.187. The van der Waals surface area contributed by atoms with Gasteiger partial charge >= 0.3 is 24.3 Å². The predicted molar refractivity (Wildman–Crippen MR) is 122 cm³/mol. The molecule has 2 aliphatic rings. The fraction of sp³-hybridized carbons (Fsp3) is 0.522. The third-order valence-electron chi connectivity index (χ3n) is 6.03. The molecule has 10 nitrogen and oxygen atoms in total. The van der Waals surface area contributed by atoms with E-state index in [0.29, 0.717) is 12.5 Å². The molecule has 0 bridgehead atoms. The van der Waals surface area contributed by atoms with Crippen molar-refractivity contribution in [1.29, 1.82) is 0 Å². The summed E-state index contributed by atoms with van der Waals surface area (Å²) in [6, 6.07) is 3.99. The van der Waals surface area contributed by atoms with Crippen LogP contribution in [0.5, 0.6) is 0 Å². The van der Waals surface area contributed by atoms with Gasteiger partial charge in [0.05, 0.1) is 11.6 Å². The maximum atomic E-state index is 13.2. The summed E-state index contributed by atoms with van der Waals surface area (Å²) in [7, 11) is 1.94. The fourth-order valence-corrected chi connectivity index (χ4v) is 4.30. The summed E-state index contributed by atoms with van der Waals surface area (Å²) in [5.74, 6) is -5.18. The van der Waals surface area contributed by atoms with Crippen LogP contribution in [-0.2, 0) is 34.5 Å². The molecule has 2 aromatic heterocycles. The van der Waals surface area contributed by atoms with Crippen LogP contribution in [0.1, 0.15) is 30.4 Å². The Hall–Kier alpha value is -3.69. The number of rotatable bonds is 4. The van der Waals surface area contributed by atoms with Gasteiger partial charge in [0.1, 0.15) is 0 Å². The van der Waals surface area contributed by atoms with Gasteiger partial charge < -0.3 is 15.1 Å². The van der Waals surface area contributed by atoms with E-state index in [1.54, 1.807) is 12.4 Å².